The fourth-order valence-corrected chi connectivity index (χ4v) is 1.59. The van der Waals surface area contributed by atoms with Crippen LogP contribution < -0.4 is 0 Å². The molecule has 126 valence electrons. The van der Waals surface area contributed by atoms with Gasteiger partial charge in [0.05, 0.1) is 39.6 Å². The van der Waals surface area contributed by atoms with Gasteiger partial charge in [-0.25, -0.2) is 0 Å². The SMILES string of the molecule is CCCCOCCOCCOCCOCCCCC(C)=O. The molecule has 0 unspecified atom stereocenters. The Morgan fingerprint density at radius 3 is 1.52 bits per heavy atom. The highest BCUT2D eigenvalue weighted by molar-refractivity contribution is 5.75. The second-order valence-corrected chi connectivity index (χ2v) is 4.96. The van der Waals surface area contributed by atoms with Crippen LogP contribution >= 0.6 is 0 Å². The monoisotopic (exact) mass is 304 g/mol. The van der Waals surface area contributed by atoms with E-state index in [-0.39, 0.29) is 5.78 Å². The number of ether oxygens (including phenoxy) is 4. The third-order valence-corrected chi connectivity index (χ3v) is 2.83. The normalized spacial score (nSPS) is 11.0. The van der Waals surface area contributed by atoms with Crippen LogP contribution in [0.5, 0.6) is 0 Å². The third-order valence-electron chi connectivity index (χ3n) is 2.83. The first-order chi connectivity index (χ1) is 10.3. The lowest BCUT2D eigenvalue weighted by Gasteiger charge is -2.07. The summed E-state index contributed by atoms with van der Waals surface area (Å²) in [7, 11) is 0. The number of unbranched alkanes of at least 4 members (excludes halogenated alkanes) is 2. The number of rotatable bonds is 17. The van der Waals surface area contributed by atoms with E-state index in [1.807, 2.05) is 0 Å². The van der Waals surface area contributed by atoms with Crippen molar-refractivity contribution in [3.63, 3.8) is 0 Å². The zero-order chi connectivity index (χ0) is 15.6. The molecule has 21 heavy (non-hydrogen) atoms. The van der Waals surface area contributed by atoms with Crippen molar-refractivity contribution in [2.24, 2.45) is 0 Å². The van der Waals surface area contributed by atoms with Crippen molar-refractivity contribution in [2.45, 2.75) is 46.0 Å². The summed E-state index contributed by atoms with van der Waals surface area (Å²) in [4.78, 5) is 10.7. The van der Waals surface area contributed by atoms with Gasteiger partial charge in [0.2, 0.25) is 0 Å². The van der Waals surface area contributed by atoms with Crippen molar-refractivity contribution in [1.82, 2.24) is 0 Å². The summed E-state index contributed by atoms with van der Waals surface area (Å²) in [5.41, 5.74) is 0. The molecule has 0 amide bonds. The molecule has 0 bridgehead atoms. The van der Waals surface area contributed by atoms with E-state index < -0.39 is 0 Å². The van der Waals surface area contributed by atoms with Crippen LogP contribution in [-0.4, -0.2) is 58.6 Å². The average molecular weight is 304 g/mol. The molecule has 0 aromatic heterocycles. The van der Waals surface area contributed by atoms with Gasteiger partial charge < -0.3 is 23.7 Å². The van der Waals surface area contributed by atoms with Crippen LogP contribution in [0.25, 0.3) is 0 Å². The van der Waals surface area contributed by atoms with Crippen LogP contribution in [0.15, 0.2) is 0 Å². The van der Waals surface area contributed by atoms with Crippen LogP contribution in [0.1, 0.15) is 46.0 Å². The van der Waals surface area contributed by atoms with E-state index in [0.29, 0.717) is 52.7 Å². The minimum atomic E-state index is 0.245. The van der Waals surface area contributed by atoms with E-state index in [1.165, 1.54) is 0 Å². The highest BCUT2D eigenvalue weighted by atomic mass is 16.6. The molecule has 0 radical (unpaired) electrons. The molecule has 0 saturated heterocycles. The lowest BCUT2D eigenvalue weighted by atomic mass is 10.2. The maximum Gasteiger partial charge on any atom is 0.129 e. The predicted octanol–water partition coefficient (Wildman–Crippen LogP) is 2.61. The summed E-state index contributed by atoms with van der Waals surface area (Å²) in [6.45, 7) is 8.92. The molecule has 0 N–H and O–H groups in total. The standard InChI is InChI=1S/C16H32O5/c1-3-4-8-18-10-12-20-14-15-21-13-11-19-9-6-5-7-16(2)17/h3-15H2,1-2H3. The van der Waals surface area contributed by atoms with E-state index in [9.17, 15) is 4.79 Å². The maximum atomic E-state index is 10.7. The molecular formula is C16H32O5. The Hall–Kier alpha value is -0.490. The van der Waals surface area contributed by atoms with Crippen LogP contribution in [0.4, 0.5) is 0 Å². The minimum absolute atomic E-state index is 0.245. The Balaban J connectivity index is 2.95. The highest BCUT2D eigenvalue weighted by Gasteiger charge is 1.95. The Morgan fingerprint density at radius 1 is 0.667 bits per heavy atom. The Labute approximate surface area is 129 Å². The summed E-state index contributed by atoms with van der Waals surface area (Å²) in [5, 5.41) is 0. The second kappa shape index (κ2) is 17.6. The first kappa shape index (κ1) is 20.5. The van der Waals surface area contributed by atoms with Crippen LogP contribution in [-0.2, 0) is 23.7 Å². The van der Waals surface area contributed by atoms with Gasteiger partial charge in [0.1, 0.15) is 5.78 Å². The van der Waals surface area contributed by atoms with E-state index in [0.717, 1.165) is 32.3 Å². The predicted molar refractivity (Wildman–Crippen MR) is 82.7 cm³/mol. The zero-order valence-corrected chi connectivity index (χ0v) is 13.7. The molecule has 5 heteroatoms. The van der Waals surface area contributed by atoms with Gasteiger partial charge in [-0.2, -0.15) is 0 Å². The molecule has 0 fully saturated rings. The summed E-state index contributed by atoms with van der Waals surface area (Å²) in [6.07, 6.45) is 4.76. The smallest absolute Gasteiger partial charge is 0.129 e. The number of carbonyl (C=O) groups excluding carboxylic acids is 1. The molecule has 0 aliphatic carbocycles. The van der Waals surface area contributed by atoms with Crippen molar-refractivity contribution >= 4 is 5.78 Å². The first-order valence-corrected chi connectivity index (χ1v) is 8.07. The van der Waals surface area contributed by atoms with E-state index >= 15 is 0 Å². The fraction of sp³-hybridized carbons (Fsp3) is 0.938. The summed E-state index contributed by atoms with van der Waals surface area (Å²) < 4.78 is 21.5. The van der Waals surface area contributed by atoms with Gasteiger partial charge in [-0.3, -0.25) is 0 Å². The van der Waals surface area contributed by atoms with Gasteiger partial charge in [0.25, 0.3) is 0 Å². The third kappa shape index (κ3) is 19.5. The van der Waals surface area contributed by atoms with Crippen molar-refractivity contribution in [3.8, 4) is 0 Å². The Bertz CT molecular complexity index is 221. The number of Topliss-reactive ketones (excluding diaryl/α,β-unsaturated/α-hetero) is 1. The summed E-state index contributed by atoms with van der Waals surface area (Å²) in [5.74, 6) is 0.245. The van der Waals surface area contributed by atoms with Crippen molar-refractivity contribution in [3.05, 3.63) is 0 Å². The van der Waals surface area contributed by atoms with Crippen molar-refractivity contribution in [2.75, 3.05) is 52.9 Å². The van der Waals surface area contributed by atoms with E-state index in [2.05, 4.69) is 6.92 Å². The van der Waals surface area contributed by atoms with Gasteiger partial charge in [-0.1, -0.05) is 13.3 Å². The van der Waals surface area contributed by atoms with E-state index in [4.69, 9.17) is 18.9 Å². The molecule has 0 atom stereocenters. The lowest BCUT2D eigenvalue weighted by Crippen LogP contribution is -2.12. The molecule has 0 aromatic carbocycles. The summed E-state index contributed by atoms with van der Waals surface area (Å²) >= 11 is 0. The maximum absolute atomic E-state index is 10.7. The van der Waals surface area contributed by atoms with Crippen LogP contribution in [0.2, 0.25) is 0 Å². The molecular weight excluding hydrogens is 272 g/mol. The minimum Gasteiger partial charge on any atom is -0.379 e. The Kier molecular flexibility index (Phi) is 17.2. The lowest BCUT2D eigenvalue weighted by molar-refractivity contribution is -0.117. The quantitative estimate of drug-likeness (QED) is 0.387. The van der Waals surface area contributed by atoms with Crippen molar-refractivity contribution in [1.29, 1.82) is 0 Å². The average Bonchev–Trinajstić information content (AvgIpc) is 2.46. The van der Waals surface area contributed by atoms with Crippen LogP contribution in [0.3, 0.4) is 0 Å². The molecule has 0 aliphatic rings. The molecule has 0 rings (SSSR count). The summed E-state index contributed by atoms with van der Waals surface area (Å²) in [6, 6.07) is 0. The number of ketones is 1. The Morgan fingerprint density at radius 2 is 1.10 bits per heavy atom. The van der Waals surface area contributed by atoms with Gasteiger partial charge in [0.15, 0.2) is 0 Å². The molecule has 0 aliphatic heterocycles. The highest BCUT2D eigenvalue weighted by Crippen LogP contribution is 1.96. The molecule has 5 nitrogen and oxygen atoms in total. The molecule has 0 heterocycles. The number of hydrogen-bond acceptors (Lipinski definition) is 5. The fourth-order valence-electron chi connectivity index (χ4n) is 1.59. The van der Waals surface area contributed by atoms with Crippen molar-refractivity contribution < 1.29 is 23.7 Å². The largest absolute Gasteiger partial charge is 0.379 e. The van der Waals surface area contributed by atoms with Gasteiger partial charge in [-0.05, 0) is 26.2 Å². The number of carbonyl (C=O) groups is 1. The van der Waals surface area contributed by atoms with Gasteiger partial charge >= 0.3 is 0 Å². The molecule has 0 aromatic rings. The van der Waals surface area contributed by atoms with Gasteiger partial charge in [-0.15, -0.1) is 0 Å². The zero-order valence-electron chi connectivity index (χ0n) is 13.7. The number of hydrogen-bond donors (Lipinski definition) is 0. The van der Waals surface area contributed by atoms with E-state index in [1.54, 1.807) is 6.92 Å². The topological polar surface area (TPSA) is 54.0 Å². The molecule has 0 saturated carbocycles. The first-order valence-electron chi connectivity index (χ1n) is 8.07. The second-order valence-electron chi connectivity index (χ2n) is 4.96. The van der Waals surface area contributed by atoms with Gasteiger partial charge in [0, 0.05) is 19.6 Å². The molecule has 0 spiro atoms. The van der Waals surface area contributed by atoms with Crippen LogP contribution in [0, 0.1) is 0 Å².